The Morgan fingerprint density at radius 3 is 2.45 bits per heavy atom. The van der Waals surface area contributed by atoms with Crippen molar-refractivity contribution in [1.82, 2.24) is 24.9 Å². The van der Waals surface area contributed by atoms with E-state index in [2.05, 4.69) is 29.8 Å². The normalized spacial score (nSPS) is 15.8. The summed E-state index contributed by atoms with van der Waals surface area (Å²) in [6, 6.07) is 11.7. The van der Waals surface area contributed by atoms with E-state index in [0.717, 1.165) is 39.6 Å². The van der Waals surface area contributed by atoms with Crippen molar-refractivity contribution in [2.45, 2.75) is 19.8 Å². The molecule has 0 unspecified atom stereocenters. The summed E-state index contributed by atoms with van der Waals surface area (Å²) in [5.74, 6) is 0.881. The number of carboxylic acids is 1. The molecule has 5 rings (SSSR count). The molecule has 156 valence electrons. The number of anilines is 1. The molecule has 0 aliphatic carbocycles. The highest BCUT2D eigenvalue weighted by atomic mass is 16.4. The lowest BCUT2D eigenvalue weighted by molar-refractivity contribution is -0.149. The van der Waals surface area contributed by atoms with Gasteiger partial charge in [-0.1, -0.05) is 0 Å². The minimum absolute atomic E-state index is 0.617. The average Bonchev–Trinajstić information content (AvgIpc) is 3.24. The smallest absolute Gasteiger partial charge is 0.309 e. The number of nitrogens with one attached hydrogen (secondary N) is 1. The fraction of sp³-hybridized carbons (Fsp3) is 0.261. The van der Waals surface area contributed by atoms with Gasteiger partial charge in [-0.3, -0.25) is 9.78 Å². The van der Waals surface area contributed by atoms with Gasteiger partial charge in [-0.25, -0.2) is 15.0 Å². The molecule has 31 heavy (non-hydrogen) atoms. The van der Waals surface area contributed by atoms with Crippen molar-refractivity contribution in [2.75, 3.05) is 18.0 Å². The van der Waals surface area contributed by atoms with Gasteiger partial charge in [0.05, 0.1) is 11.1 Å². The second kappa shape index (κ2) is 7.46. The van der Waals surface area contributed by atoms with Crippen LogP contribution < -0.4 is 4.90 Å². The number of H-pyrrole nitrogens is 1. The van der Waals surface area contributed by atoms with Crippen LogP contribution in [0.5, 0.6) is 0 Å². The molecule has 0 atom stereocenters. The molecule has 1 aliphatic rings. The first kappa shape index (κ1) is 19.2. The van der Waals surface area contributed by atoms with Crippen LogP contribution in [0.15, 0.2) is 55.0 Å². The summed E-state index contributed by atoms with van der Waals surface area (Å²) in [7, 11) is 0. The minimum atomic E-state index is -0.719. The van der Waals surface area contributed by atoms with Crippen molar-refractivity contribution in [1.29, 1.82) is 0 Å². The van der Waals surface area contributed by atoms with Gasteiger partial charge in [0.25, 0.3) is 0 Å². The molecule has 8 heteroatoms. The van der Waals surface area contributed by atoms with E-state index in [1.165, 1.54) is 0 Å². The molecular weight excluding hydrogens is 392 g/mol. The monoisotopic (exact) mass is 414 g/mol. The Labute approximate surface area is 179 Å². The third-order valence-electron chi connectivity index (χ3n) is 6.04. The lowest BCUT2D eigenvalue weighted by Crippen LogP contribution is -2.43. The maximum absolute atomic E-state index is 11.4. The topological polar surface area (TPSA) is 108 Å². The lowest BCUT2D eigenvalue weighted by atomic mass is 9.80. The first-order chi connectivity index (χ1) is 15.0. The van der Waals surface area contributed by atoms with Gasteiger partial charge in [-0.2, -0.15) is 0 Å². The van der Waals surface area contributed by atoms with Gasteiger partial charge < -0.3 is 15.0 Å². The molecule has 8 nitrogen and oxygen atoms in total. The number of aliphatic carboxylic acids is 1. The van der Waals surface area contributed by atoms with Crippen LogP contribution in [-0.2, 0) is 4.79 Å². The molecular formula is C23H22N6O2. The second-order valence-electron chi connectivity index (χ2n) is 8.15. The Morgan fingerprint density at radius 2 is 1.81 bits per heavy atom. The van der Waals surface area contributed by atoms with Crippen LogP contribution >= 0.6 is 0 Å². The van der Waals surface area contributed by atoms with Crippen LogP contribution in [0.4, 0.5) is 5.82 Å². The second-order valence-corrected chi connectivity index (χ2v) is 8.15. The molecule has 0 radical (unpaired) electrons. The Balaban J connectivity index is 1.30. The van der Waals surface area contributed by atoms with E-state index >= 15 is 0 Å². The largest absolute Gasteiger partial charge is 0.481 e. The summed E-state index contributed by atoms with van der Waals surface area (Å²) in [6.07, 6.45) is 6.57. The zero-order chi connectivity index (χ0) is 21.4. The Bertz CT molecular complexity index is 1190. The van der Waals surface area contributed by atoms with Gasteiger partial charge in [0.15, 0.2) is 5.65 Å². The Morgan fingerprint density at radius 1 is 1.03 bits per heavy atom. The number of fused-ring (bicyclic) bond motifs is 1. The molecule has 0 amide bonds. The molecule has 4 aromatic rings. The number of carboxylic acid groups (broad SMARTS) is 1. The zero-order valence-corrected chi connectivity index (χ0v) is 17.1. The Hall–Kier alpha value is -3.81. The highest BCUT2D eigenvalue weighted by Gasteiger charge is 2.37. The summed E-state index contributed by atoms with van der Waals surface area (Å²) in [6.45, 7) is 3.20. The number of hydrogen-bond acceptors (Lipinski definition) is 6. The van der Waals surface area contributed by atoms with Crippen molar-refractivity contribution in [2.24, 2.45) is 5.41 Å². The zero-order valence-electron chi connectivity index (χ0n) is 17.1. The van der Waals surface area contributed by atoms with Crippen molar-refractivity contribution >= 4 is 23.0 Å². The molecule has 1 fully saturated rings. The molecule has 0 saturated carbocycles. The predicted molar refractivity (Wildman–Crippen MR) is 118 cm³/mol. The van der Waals surface area contributed by atoms with Crippen molar-refractivity contribution < 1.29 is 9.90 Å². The molecule has 0 spiro atoms. The number of aromatic nitrogens is 5. The van der Waals surface area contributed by atoms with E-state index in [-0.39, 0.29) is 0 Å². The molecule has 5 heterocycles. The first-order valence-electron chi connectivity index (χ1n) is 10.2. The van der Waals surface area contributed by atoms with Crippen molar-refractivity contribution in [3.8, 4) is 22.6 Å². The van der Waals surface area contributed by atoms with E-state index in [9.17, 15) is 9.90 Å². The number of rotatable bonds is 4. The van der Waals surface area contributed by atoms with Crippen LogP contribution in [-0.4, -0.2) is 49.1 Å². The maximum Gasteiger partial charge on any atom is 0.309 e. The summed E-state index contributed by atoms with van der Waals surface area (Å²) in [5.41, 5.74) is 3.58. The van der Waals surface area contributed by atoms with Crippen molar-refractivity contribution in [3.63, 3.8) is 0 Å². The fourth-order valence-electron chi connectivity index (χ4n) is 3.85. The number of nitrogens with zero attached hydrogens (tertiary/aromatic N) is 5. The third kappa shape index (κ3) is 3.61. The number of hydrogen-bond donors (Lipinski definition) is 2. The van der Waals surface area contributed by atoms with Crippen molar-refractivity contribution in [3.05, 3.63) is 55.0 Å². The highest BCUT2D eigenvalue weighted by Crippen LogP contribution is 2.33. The maximum atomic E-state index is 11.4. The fourth-order valence-corrected chi connectivity index (χ4v) is 3.85. The van der Waals surface area contributed by atoms with Crippen LogP contribution in [0, 0.1) is 5.41 Å². The number of aromatic amines is 1. The van der Waals surface area contributed by atoms with Crippen LogP contribution in [0.25, 0.3) is 33.8 Å². The Kier molecular flexibility index (Phi) is 4.62. The molecule has 1 aliphatic heterocycles. The standard InChI is InChI=1S/C23H22N6O2/c1-23(22(30)31)8-11-29(12-9-23)19-7-5-15(13-26-19)17-6-4-16(14-25-17)20-27-18-3-2-10-24-21(18)28-20/h2-7,10,13-14H,8-9,11-12H2,1H3,(H,30,31)(H,24,27,28). The minimum Gasteiger partial charge on any atom is -0.481 e. The van der Waals surface area contributed by atoms with E-state index < -0.39 is 11.4 Å². The molecule has 0 aromatic carbocycles. The SMILES string of the molecule is CC1(C(=O)O)CCN(c2ccc(-c3ccc(-c4nc5cccnc5[nH]4)cn3)cn2)CC1. The van der Waals surface area contributed by atoms with E-state index in [0.29, 0.717) is 25.9 Å². The van der Waals surface area contributed by atoms with Crippen LogP contribution in [0.1, 0.15) is 19.8 Å². The number of pyridine rings is 3. The lowest BCUT2D eigenvalue weighted by Gasteiger charge is -2.37. The highest BCUT2D eigenvalue weighted by molar-refractivity contribution is 5.76. The molecule has 2 N–H and O–H groups in total. The van der Waals surface area contributed by atoms with Gasteiger partial charge in [0.1, 0.15) is 17.2 Å². The molecule has 0 bridgehead atoms. The summed E-state index contributed by atoms with van der Waals surface area (Å²) in [5, 5.41) is 9.40. The van der Waals surface area contributed by atoms with Crippen LogP contribution in [0.3, 0.4) is 0 Å². The van der Waals surface area contributed by atoms with E-state index in [1.54, 1.807) is 12.4 Å². The van der Waals surface area contributed by atoms with E-state index in [1.807, 2.05) is 49.5 Å². The average molecular weight is 414 g/mol. The predicted octanol–water partition coefficient (Wildman–Crippen LogP) is 3.77. The van der Waals surface area contributed by atoms with Gasteiger partial charge in [-0.05, 0) is 56.2 Å². The number of piperidine rings is 1. The van der Waals surface area contributed by atoms with Crippen LogP contribution in [0.2, 0.25) is 0 Å². The van der Waals surface area contributed by atoms with E-state index in [4.69, 9.17) is 0 Å². The molecule has 4 aromatic heterocycles. The number of imidazole rings is 1. The first-order valence-corrected chi connectivity index (χ1v) is 10.2. The molecule has 1 saturated heterocycles. The van der Waals surface area contributed by atoms with Gasteiger partial charge in [0, 0.05) is 42.8 Å². The summed E-state index contributed by atoms with van der Waals surface area (Å²) in [4.78, 5) is 34.8. The number of carbonyl (C=O) groups is 1. The quantitative estimate of drug-likeness (QED) is 0.523. The van der Waals surface area contributed by atoms with Gasteiger partial charge >= 0.3 is 5.97 Å². The van der Waals surface area contributed by atoms with Gasteiger partial charge in [-0.15, -0.1) is 0 Å². The summed E-state index contributed by atoms with van der Waals surface area (Å²) >= 11 is 0. The van der Waals surface area contributed by atoms with Gasteiger partial charge in [0.2, 0.25) is 0 Å². The summed E-state index contributed by atoms with van der Waals surface area (Å²) < 4.78 is 0. The third-order valence-corrected chi connectivity index (χ3v) is 6.04.